The molecule has 0 bridgehead atoms. The number of aromatic nitrogens is 1. The standard InChI is InChI=1S/C11H18N2OS/c1-8(12-2)9-7-15-10(13-9)11(14-3)5-4-6-11/h7-8,12H,4-6H2,1-3H3. The van der Waals surface area contributed by atoms with Crippen LogP contribution in [0.4, 0.5) is 0 Å². The summed E-state index contributed by atoms with van der Waals surface area (Å²) < 4.78 is 5.61. The molecule has 1 N–H and O–H groups in total. The van der Waals surface area contributed by atoms with Gasteiger partial charge in [0.2, 0.25) is 0 Å². The predicted molar refractivity (Wildman–Crippen MR) is 62.1 cm³/mol. The van der Waals surface area contributed by atoms with E-state index in [9.17, 15) is 0 Å². The van der Waals surface area contributed by atoms with Crippen LogP contribution in [-0.2, 0) is 10.3 Å². The zero-order chi connectivity index (χ0) is 10.9. The molecule has 0 aliphatic heterocycles. The van der Waals surface area contributed by atoms with Crippen molar-refractivity contribution in [1.82, 2.24) is 10.3 Å². The van der Waals surface area contributed by atoms with Crippen LogP contribution in [0.1, 0.15) is 42.9 Å². The topological polar surface area (TPSA) is 34.1 Å². The van der Waals surface area contributed by atoms with E-state index in [1.165, 1.54) is 6.42 Å². The number of ether oxygens (including phenoxy) is 1. The fourth-order valence-corrected chi connectivity index (χ4v) is 2.99. The quantitative estimate of drug-likeness (QED) is 0.856. The first kappa shape index (κ1) is 11.0. The van der Waals surface area contributed by atoms with Crippen LogP contribution in [0.3, 0.4) is 0 Å². The van der Waals surface area contributed by atoms with Crippen LogP contribution in [0, 0.1) is 0 Å². The van der Waals surface area contributed by atoms with Gasteiger partial charge in [-0.15, -0.1) is 11.3 Å². The Labute approximate surface area is 94.9 Å². The molecule has 0 spiro atoms. The second-order valence-electron chi connectivity index (χ2n) is 4.14. The van der Waals surface area contributed by atoms with E-state index < -0.39 is 0 Å². The van der Waals surface area contributed by atoms with Crippen molar-refractivity contribution in [3.8, 4) is 0 Å². The van der Waals surface area contributed by atoms with E-state index >= 15 is 0 Å². The zero-order valence-corrected chi connectivity index (χ0v) is 10.4. The van der Waals surface area contributed by atoms with Crippen molar-refractivity contribution in [3.05, 3.63) is 16.1 Å². The molecule has 0 radical (unpaired) electrons. The van der Waals surface area contributed by atoms with Crippen molar-refractivity contribution in [2.24, 2.45) is 0 Å². The first-order chi connectivity index (χ1) is 7.22. The molecule has 3 nitrogen and oxygen atoms in total. The summed E-state index contributed by atoms with van der Waals surface area (Å²) in [6.07, 6.45) is 3.49. The molecule has 1 fully saturated rings. The van der Waals surface area contributed by atoms with Crippen LogP contribution in [0.2, 0.25) is 0 Å². The summed E-state index contributed by atoms with van der Waals surface area (Å²) in [4.78, 5) is 4.68. The van der Waals surface area contributed by atoms with E-state index in [1.54, 1.807) is 18.4 Å². The lowest BCUT2D eigenvalue weighted by molar-refractivity contribution is -0.0780. The van der Waals surface area contributed by atoms with Gasteiger partial charge < -0.3 is 10.1 Å². The third kappa shape index (κ3) is 1.82. The summed E-state index contributed by atoms with van der Waals surface area (Å²) in [6.45, 7) is 2.12. The zero-order valence-electron chi connectivity index (χ0n) is 9.54. The predicted octanol–water partition coefficient (Wildman–Crippen LogP) is 2.45. The fraction of sp³-hybridized carbons (Fsp3) is 0.727. The maximum absolute atomic E-state index is 5.61. The van der Waals surface area contributed by atoms with Crippen LogP contribution < -0.4 is 5.32 Å². The van der Waals surface area contributed by atoms with E-state index in [-0.39, 0.29) is 5.60 Å². The Morgan fingerprint density at radius 3 is 2.80 bits per heavy atom. The Hall–Kier alpha value is -0.450. The molecule has 1 atom stereocenters. The summed E-state index contributed by atoms with van der Waals surface area (Å²) in [5.74, 6) is 0. The smallest absolute Gasteiger partial charge is 0.125 e. The molecule has 1 aromatic rings. The third-order valence-corrected chi connectivity index (χ3v) is 4.39. The van der Waals surface area contributed by atoms with Gasteiger partial charge in [0.25, 0.3) is 0 Å². The minimum atomic E-state index is -0.0591. The van der Waals surface area contributed by atoms with Gasteiger partial charge in [-0.2, -0.15) is 0 Å². The molecule has 1 saturated carbocycles. The Balaban J connectivity index is 2.19. The number of methoxy groups -OCH3 is 1. The Bertz CT molecular complexity index is 328. The van der Waals surface area contributed by atoms with Gasteiger partial charge in [-0.05, 0) is 33.2 Å². The lowest BCUT2D eigenvalue weighted by atomic mass is 9.80. The van der Waals surface area contributed by atoms with E-state index in [0.29, 0.717) is 6.04 Å². The minimum Gasteiger partial charge on any atom is -0.371 e. The first-order valence-electron chi connectivity index (χ1n) is 5.40. The van der Waals surface area contributed by atoms with Crippen LogP contribution in [0.5, 0.6) is 0 Å². The van der Waals surface area contributed by atoms with Gasteiger partial charge in [0.05, 0.1) is 5.69 Å². The van der Waals surface area contributed by atoms with Crippen molar-refractivity contribution < 1.29 is 4.74 Å². The third-order valence-electron chi connectivity index (χ3n) is 3.34. The SMILES string of the molecule is CNC(C)c1csc(C2(OC)CCC2)n1. The number of rotatable bonds is 4. The Morgan fingerprint density at radius 2 is 2.33 bits per heavy atom. The van der Waals surface area contributed by atoms with Gasteiger partial charge in [0, 0.05) is 18.5 Å². The Kier molecular flexibility index (Phi) is 3.09. The molecule has 4 heteroatoms. The highest BCUT2D eigenvalue weighted by Crippen LogP contribution is 2.45. The van der Waals surface area contributed by atoms with Gasteiger partial charge >= 0.3 is 0 Å². The average molecular weight is 226 g/mol. The highest BCUT2D eigenvalue weighted by Gasteiger charge is 2.41. The van der Waals surface area contributed by atoms with Crippen molar-refractivity contribution in [3.63, 3.8) is 0 Å². The van der Waals surface area contributed by atoms with E-state index in [4.69, 9.17) is 4.74 Å². The second-order valence-corrected chi connectivity index (χ2v) is 5.00. The number of hydrogen-bond donors (Lipinski definition) is 1. The van der Waals surface area contributed by atoms with Gasteiger partial charge in [-0.3, -0.25) is 0 Å². The molecule has 84 valence electrons. The highest BCUT2D eigenvalue weighted by molar-refractivity contribution is 7.09. The van der Waals surface area contributed by atoms with Crippen molar-refractivity contribution in [1.29, 1.82) is 0 Å². The normalized spacial score (nSPS) is 21.0. The van der Waals surface area contributed by atoms with Gasteiger partial charge in [-0.1, -0.05) is 0 Å². The molecular formula is C11H18N2OS. The molecule has 0 aromatic carbocycles. The molecule has 1 unspecified atom stereocenters. The molecule has 1 aliphatic rings. The summed E-state index contributed by atoms with van der Waals surface area (Å²) >= 11 is 1.72. The summed E-state index contributed by atoms with van der Waals surface area (Å²) in [7, 11) is 3.75. The van der Waals surface area contributed by atoms with Crippen molar-refractivity contribution in [2.75, 3.05) is 14.2 Å². The van der Waals surface area contributed by atoms with Crippen LogP contribution >= 0.6 is 11.3 Å². The second kappa shape index (κ2) is 4.20. The number of hydrogen-bond acceptors (Lipinski definition) is 4. The largest absolute Gasteiger partial charge is 0.371 e. The summed E-state index contributed by atoms with van der Waals surface area (Å²) in [5, 5.41) is 6.48. The summed E-state index contributed by atoms with van der Waals surface area (Å²) in [5.41, 5.74) is 1.07. The fourth-order valence-electron chi connectivity index (χ4n) is 1.85. The first-order valence-corrected chi connectivity index (χ1v) is 6.28. The number of nitrogens with zero attached hydrogens (tertiary/aromatic N) is 1. The lowest BCUT2D eigenvalue weighted by Gasteiger charge is -2.38. The van der Waals surface area contributed by atoms with Crippen molar-refractivity contribution >= 4 is 11.3 Å². The monoisotopic (exact) mass is 226 g/mol. The molecule has 15 heavy (non-hydrogen) atoms. The maximum Gasteiger partial charge on any atom is 0.125 e. The molecule has 0 saturated heterocycles. The molecule has 1 aromatic heterocycles. The molecule has 1 aliphatic carbocycles. The highest BCUT2D eigenvalue weighted by atomic mass is 32.1. The van der Waals surface area contributed by atoms with Gasteiger partial charge in [-0.25, -0.2) is 4.98 Å². The van der Waals surface area contributed by atoms with Crippen LogP contribution in [-0.4, -0.2) is 19.1 Å². The van der Waals surface area contributed by atoms with E-state index in [1.807, 2.05) is 7.05 Å². The van der Waals surface area contributed by atoms with E-state index in [2.05, 4.69) is 22.6 Å². The maximum atomic E-state index is 5.61. The lowest BCUT2D eigenvalue weighted by Crippen LogP contribution is -2.36. The molecular weight excluding hydrogens is 208 g/mol. The number of thiazole rings is 1. The minimum absolute atomic E-state index is 0.0591. The van der Waals surface area contributed by atoms with E-state index in [0.717, 1.165) is 23.5 Å². The van der Waals surface area contributed by atoms with Gasteiger partial charge in [0.15, 0.2) is 0 Å². The van der Waals surface area contributed by atoms with Crippen molar-refractivity contribution in [2.45, 2.75) is 37.8 Å². The van der Waals surface area contributed by atoms with Crippen LogP contribution in [0.15, 0.2) is 5.38 Å². The average Bonchev–Trinajstić information content (AvgIpc) is 2.65. The number of nitrogens with one attached hydrogen (secondary N) is 1. The molecule has 2 rings (SSSR count). The van der Waals surface area contributed by atoms with Gasteiger partial charge in [0.1, 0.15) is 10.6 Å². The summed E-state index contributed by atoms with van der Waals surface area (Å²) in [6, 6.07) is 0.323. The van der Waals surface area contributed by atoms with Crippen LogP contribution in [0.25, 0.3) is 0 Å². The molecule has 1 heterocycles. The Morgan fingerprint density at radius 1 is 1.60 bits per heavy atom. The molecule has 0 amide bonds.